The topological polar surface area (TPSA) is 71.0 Å². The monoisotopic (exact) mass is 431 g/mol. The molecule has 0 aliphatic carbocycles. The van der Waals surface area contributed by atoms with E-state index in [-0.39, 0.29) is 18.2 Å². The summed E-state index contributed by atoms with van der Waals surface area (Å²) in [4.78, 5) is 31.6. The fraction of sp³-hybridized carbons (Fsp3) is 0.286. The fourth-order valence-corrected chi connectivity index (χ4v) is 4.23. The smallest absolute Gasteiger partial charge is 0.242 e. The first-order valence-corrected chi connectivity index (χ1v) is 10.5. The van der Waals surface area contributed by atoms with E-state index >= 15 is 0 Å². The number of hydrogen-bond acceptors (Lipinski definition) is 5. The normalized spacial score (nSPS) is 17.7. The summed E-state index contributed by atoms with van der Waals surface area (Å²) in [6.07, 6.45) is 0.753. The average Bonchev–Trinajstić information content (AvgIpc) is 2.97. The number of nitrogens with one attached hydrogen (secondary N) is 1. The highest BCUT2D eigenvalue weighted by Crippen LogP contribution is 2.32. The number of para-hydroxylation sites is 1. The lowest BCUT2D eigenvalue weighted by Crippen LogP contribution is -2.34. The Morgan fingerprint density at radius 2 is 2.03 bits per heavy atom. The number of carbonyl (C=O) groups is 2. The van der Waals surface area contributed by atoms with E-state index in [4.69, 9.17) is 16.3 Å². The third-order valence-electron chi connectivity index (χ3n) is 4.21. The van der Waals surface area contributed by atoms with Gasteiger partial charge in [0.15, 0.2) is 5.17 Å². The van der Waals surface area contributed by atoms with Crippen LogP contribution >= 0.6 is 23.4 Å². The number of aliphatic imine (C=N–C) groups is 1. The van der Waals surface area contributed by atoms with E-state index in [9.17, 15) is 9.59 Å². The lowest BCUT2D eigenvalue weighted by molar-refractivity contribution is -0.128. The molecular formula is C21H22ClN3O3S. The maximum Gasteiger partial charge on any atom is 0.242 e. The summed E-state index contributed by atoms with van der Waals surface area (Å²) in [5.74, 6) is -0.349. The van der Waals surface area contributed by atoms with Gasteiger partial charge in [-0.2, -0.15) is 0 Å². The van der Waals surface area contributed by atoms with Crippen molar-refractivity contribution in [2.75, 3.05) is 25.6 Å². The Morgan fingerprint density at radius 3 is 2.76 bits per heavy atom. The first kappa shape index (κ1) is 21.4. The van der Waals surface area contributed by atoms with E-state index in [1.165, 1.54) is 11.8 Å². The number of thioether (sulfide) groups is 1. The second-order valence-electron chi connectivity index (χ2n) is 6.44. The van der Waals surface area contributed by atoms with Gasteiger partial charge in [0.1, 0.15) is 5.25 Å². The molecule has 1 aliphatic heterocycles. The van der Waals surface area contributed by atoms with E-state index in [1.54, 1.807) is 36.3 Å². The molecule has 2 aromatic rings. The second kappa shape index (κ2) is 10.4. The van der Waals surface area contributed by atoms with Gasteiger partial charge < -0.3 is 10.1 Å². The molecule has 1 heterocycles. The van der Waals surface area contributed by atoms with E-state index in [0.717, 1.165) is 5.69 Å². The van der Waals surface area contributed by atoms with Gasteiger partial charge in [-0.15, -0.1) is 0 Å². The summed E-state index contributed by atoms with van der Waals surface area (Å²) >= 11 is 7.28. The summed E-state index contributed by atoms with van der Waals surface area (Å²) in [6.45, 7) is 1.05. The summed E-state index contributed by atoms with van der Waals surface area (Å²) in [6, 6.07) is 16.4. The molecule has 8 heteroatoms. The number of rotatable bonds is 8. The molecule has 3 rings (SSSR count). The molecule has 1 aliphatic rings. The lowest BCUT2D eigenvalue weighted by atomic mass is 10.2. The maximum atomic E-state index is 12.9. The molecule has 2 amide bonds. The molecular weight excluding hydrogens is 410 g/mol. The third kappa shape index (κ3) is 6.06. The number of anilines is 1. The van der Waals surface area contributed by atoms with Crippen LogP contribution in [0.25, 0.3) is 0 Å². The molecule has 152 valence electrons. The number of amidine groups is 1. The van der Waals surface area contributed by atoms with Crippen molar-refractivity contribution in [1.82, 2.24) is 4.90 Å². The van der Waals surface area contributed by atoms with Crippen molar-refractivity contribution in [2.45, 2.75) is 18.1 Å². The van der Waals surface area contributed by atoms with Gasteiger partial charge in [-0.05, 0) is 36.8 Å². The van der Waals surface area contributed by atoms with Crippen LogP contribution in [0.1, 0.15) is 12.8 Å². The third-order valence-corrected chi connectivity index (χ3v) is 5.62. The van der Waals surface area contributed by atoms with Crippen molar-refractivity contribution < 1.29 is 14.3 Å². The molecule has 0 bridgehead atoms. The van der Waals surface area contributed by atoms with Crippen LogP contribution in [0, 0.1) is 0 Å². The predicted octanol–water partition coefficient (Wildman–Crippen LogP) is 4.34. The van der Waals surface area contributed by atoms with Gasteiger partial charge in [-0.25, -0.2) is 4.99 Å². The highest BCUT2D eigenvalue weighted by Gasteiger charge is 2.38. The van der Waals surface area contributed by atoms with Gasteiger partial charge >= 0.3 is 0 Å². The summed E-state index contributed by atoms with van der Waals surface area (Å²) in [5, 5.41) is 3.43. The van der Waals surface area contributed by atoms with Crippen LogP contribution in [0.2, 0.25) is 5.02 Å². The molecule has 1 N–H and O–H groups in total. The van der Waals surface area contributed by atoms with Gasteiger partial charge in [0.25, 0.3) is 0 Å². The lowest BCUT2D eigenvalue weighted by Gasteiger charge is -2.16. The summed E-state index contributed by atoms with van der Waals surface area (Å²) in [5.41, 5.74) is 1.37. The van der Waals surface area contributed by atoms with Crippen LogP contribution in [0.3, 0.4) is 0 Å². The Morgan fingerprint density at radius 1 is 1.24 bits per heavy atom. The Hall–Kier alpha value is -2.35. The Balaban J connectivity index is 1.71. The molecule has 0 unspecified atom stereocenters. The van der Waals surface area contributed by atoms with Gasteiger partial charge in [-0.3, -0.25) is 14.5 Å². The molecule has 29 heavy (non-hydrogen) atoms. The maximum absolute atomic E-state index is 12.9. The molecule has 1 atom stereocenters. The number of benzene rings is 2. The van der Waals surface area contributed by atoms with Crippen LogP contribution in [0.15, 0.2) is 59.6 Å². The zero-order valence-corrected chi connectivity index (χ0v) is 17.6. The fourth-order valence-electron chi connectivity index (χ4n) is 2.86. The van der Waals surface area contributed by atoms with Crippen molar-refractivity contribution >= 4 is 51.7 Å². The van der Waals surface area contributed by atoms with Crippen LogP contribution in [-0.2, 0) is 14.3 Å². The van der Waals surface area contributed by atoms with Crippen LogP contribution in [-0.4, -0.2) is 47.4 Å². The SMILES string of the molecule is COCCCN1C(=O)[C@H](CC(=O)Nc2cccc(Cl)c2)SC1=Nc1ccccc1. The molecule has 0 saturated carbocycles. The van der Waals surface area contributed by atoms with Crippen molar-refractivity contribution in [3.05, 3.63) is 59.6 Å². The number of nitrogens with zero attached hydrogens (tertiary/aromatic N) is 2. The van der Waals surface area contributed by atoms with Crippen LogP contribution in [0.5, 0.6) is 0 Å². The number of halogens is 1. The zero-order chi connectivity index (χ0) is 20.6. The first-order chi connectivity index (χ1) is 14.1. The second-order valence-corrected chi connectivity index (χ2v) is 8.04. The minimum atomic E-state index is -0.515. The van der Waals surface area contributed by atoms with E-state index in [2.05, 4.69) is 10.3 Å². The molecule has 6 nitrogen and oxygen atoms in total. The molecule has 0 aromatic heterocycles. The standard InChI is InChI=1S/C21H22ClN3O3S/c1-28-12-6-11-25-20(27)18(29-21(25)24-16-8-3-2-4-9-16)14-19(26)23-17-10-5-7-15(22)13-17/h2-5,7-10,13,18H,6,11-12,14H2,1H3,(H,23,26)/t18-/m0/s1. The summed E-state index contributed by atoms with van der Waals surface area (Å²) in [7, 11) is 1.63. The van der Waals surface area contributed by atoms with Gasteiger partial charge in [0.2, 0.25) is 11.8 Å². The van der Waals surface area contributed by atoms with Crippen molar-refractivity contribution in [1.29, 1.82) is 0 Å². The number of amides is 2. The highest BCUT2D eigenvalue weighted by molar-refractivity contribution is 8.15. The quantitative estimate of drug-likeness (QED) is 0.631. The molecule has 0 spiro atoms. The first-order valence-electron chi connectivity index (χ1n) is 9.23. The average molecular weight is 432 g/mol. The number of ether oxygens (including phenoxy) is 1. The van der Waals surface area contributed by atoms with Crippen molar-refractivity contribution in [2.24, 2.45) is 4.99 Å². The predicted molar refractivity (Wildman–Crippen MR) is 118 cm³/mol. The molecule has 0 radical (unpaired) electrons. The van der Waals surface area contributed by atoms with Crippen LogP contribution in [0.4, 0.5) is 11.4 Å². The summed E-state index contributed by atoms with van der Waals surface area (Å²) < 4.78 is 5.10. The van der Waals surface area contributed by atoms with Gasteiger partial charge in [-0.1, -0.05) is 47.6 Å². The van der Waals surface area contributed by atoms with Crippen molar-refractivity contribution in [3.8, 4) is 0 Å². The van der Waals surface area contributed by atoms with Gasteiger partial charge in [0, 0.05) is 37.4 Å². The number of hydrogen-bond donors (Lipinski definition) is 1. The minimum Gasteiger partial charge on any atom is -0.385 e. The molecule has 1 saturated heterocycles. The Labute approximate surface area is 179 Å². The largest absolute Gasteiger partial charge is 0.385 e. The Bertz CT molecular complexity index is 892. The van der Waals surface area contributed by atoms with E-state index < -0.39 is 5.25 Å². The Kier molecular flexibility index (Phi) is 7.69. The molecule has 2 aromatic carbocycles. The van der Waals surface area contributed by atoms with E-state index in [0.29, 0.717) is 35.5 Å². The van der Waals surface area contributed by atoms with Crippen molar-refractivity contribution in [3.63, 3.8) is 0 Å². The molecule has 1 fully saturated rings. The minimum absolute atomic E-state index is 0.0601. The van der Waals surface area contributed by atoms with Gasteiger partial charge in [0.05, 0.1) is 5.69 Å². The van der Waals surface area contributed by atoms with Crippen LogP contribution < -0.4 is 5.32 Å². The highest BCUT2D eigenvalue weighted by atomic mass is 35.5. The number of carbonyl (C=O) groups excluding carboxylic acids is 2. The van der Waals surface area contributed by atoms with E-state index in [1.807, 2.05) is 30.3 Å². The number of methoxy groups -OCH3 is 1. The zero-order valence-electron chi connectivity index (χ0n) is 16.0.